The van der Waals surface area contributed by atoms with Gasteiger partial charge in [0.25, 0.3) is 0 Å². The topological polar surface area (TPSA) is 48.9 Å². The van der Waals surface area contributed by atoms with Crippen molar-refractivity contribution in [3.63, 3.8) is 0 Å². The Morgan fingerprint density at radius 3 is 2.60 bits per heavy atom. The molecule has 0 radical (unpaired) electrons. The Bertz CT molecular complexity index is 524. The van der Waals surface area contributed by atoms with Crippen molar-refractivity contribution >= 4 is 5.96 Å². The molecule has 1 aromatic rings. The number of piperidine rings is 1. The van der Waals surface area contributed by atoms with Gasteiger partial charge < -0.3 is 15.4 Å². The maximum atomic E-state index is 5.08. The molecule has 0 spiro atoms. The van der Waals surface area contributed by atoms with Gasteiger partial charge in [-0.1, -0.05) is 31.2 Å². The quantitative estimate of drug-likeness (QED) is 0.432. The number of ether oxygens (including phenoxy) is 1. The van der Waals surface area contributed by atoms with Crippen molar-refractivity contribution in [2.24, 2.45) is 10.9 Å². The van der Waals surface area contributed by atoms with Crippen LogP contribution in [0.3, 0.4) is 0 Å². The summed E-state index contributed by atoms with van der Waals surface area (Å²) in [5, 5.41) is 6.76. The van der Waals surface area contributed by atoms with Crippen molar-refractivity contribution < 1.29 is 4.74 Å². The average Bonchev–Trinajstić information content (AvgIpc) is 2.64. The molecule has 140 valence electrons. The first-order chi connectivity index (χ1) is 12.2. The van der Waals surface area contributed by atoms with Gasteiger partial charge in [-0.3, -0.25) is 9.89 Å². The van der Waals surface area contributed by atoms with Crippen LogP contribution in [-0.4, -0.2) is 51.3 Å². The van der Waals surface area contributed by atoms with Crippen LogP contribution < -0.4 is 10.6 Å². The Hall–Kier alpha value is -1.59. The van der Waals surface area contributed by atoms with E-state index >= 15 is 0 Å². The van der Waals surface area contributed by atoms with Crippen LogP contribution in [0.15, 0.2) is 29.3 Å². The van der Waals surface area contributed by atoms with Crippen LogP contribution in [0.25, 0.3) is 0 Å². The van der Waals surface area contributed by atoms with E-state index in [0.29, 0.717) is 0 Å². The van der Waals surface area contributed by atoms with Gasteiger partial charge in [0.15, 0.2) is 5.96 Å². The summed E-state index contributed by atoms with van der Waals surface area (Å²) in [5.41, 5.74) is 2.76. The standard InChI is InChI=1S/C20H34N4O/c1-17-9-12-24(13-10-17)16-19-8-5-4-7-18(19)15-23-20(21-2)22-11-6-14-25-3/h4-5,7-8,17H,6,9-16H2,1-3H3,(H2,21,22,23). The first-order valence-corrected chi connectivity index (χ1v) is 9.45. The molecule has 5 nitrogen and oxygen atoms in total. The van der Waals surface area contributed by atoms with Gasteiger partial charge in [0.05, 0.1) is 0 Å². The normalized spacial score (nSPS) is 16.8. The van der Waals surface area contributed by atoms with E-state index in [1.165, 1.54) is 37.1 Å². The van der Waals surface area contributed by atoms with Gasteiger partial charge in [0, 0.05) is 40.4 Å². The number of benzene rings is 1. The van der Waals surface area contributed by atoms with Crippen molar-refractivity contribution in [3.05, 3.63) is 35.4 Å². The molecule has 0 amide bonds. The number of aliphatic imine (C=N–C) groups is 1. The highest BCUT2D eigenvalue weighted by Crippen LogP contribution is 2.19. The van der Waals surface area contributed by atoms with Gasteiger partial charge in [-0.2, -0.15) is 0 Å². The summed E-state index contributed by atoms with van der Waals surface area (Å²) in [6, 6.07) is 8.73. The first-order valence-electron chi connectivity index (χ1n) is 9.45. The predicted octanol–water partition coefficient (Wildman–Crippen LogP) is 2.62. The second-order valence-corrected chi connectivity index (χ2v) is 6.93. The highest BCUT2D eigenvalue weighted by atomic mass is 16.5. The maximum Gasteiger partial charge on any atom is 0.191 e. The third kappa shape index (κ3) is 7.04. The van der Waals surface area contributed by atoms with Gasteiger partial charge >= 0.3 is 0 Å². The minimum absolute atomic E-state index is 0.765. The third-order valence-electron chi connectivity index (χ3n) is 4.88. The van der Waals surface area contributed by atoms with E-state index in [1.807, 2.05) is 7.05 Å². The van der Waals surface area contributed by atoms with Crippen molar-refractivity contribution in [1.82, 2.24) is 15.5 Å². The summed E-state index contributed by atoms with van der Waals surface area (Å²) in [5.74, 6) is 1.72. The fraction of sp³-hybridized carbons (Fsp3) is 0.650. The van der Waals surface area contributed by atoms with Crippen LogP contribution in [0.2, 0.25) is 0 Å². The number of guanidine groups is 1. The fourth-order valence-corrected chi connectivity index (χ4v) is 3.17. The van der Waals surface area contributed by atoms with Gasteiger partial charge in [-0.05, 0) is 49.4 Å². The molecule has 1 saturated heterocycles. The smallest absolute Gasteiger partial charge is 0.191 e. The number of nitrogens with zero attached hydrogens (tertiary/aromatic N) is 2. The molecule has 0 aliphatic carbocycles. The zero-order chi connectivity index (χ0) is 17.9. The van der Waals surface area contributed by atoms with Gasteiger partial charge in [-0.25, -0.2) is 0 Å². The number of hydrogen-bond acceptors (Lipinski definition) is 3. The molecule has 1 aromatic carbocycles. The highest BCUT2D eigenvalue weighted by molar-refractivity contribution is 5.79. The Labute approximate surface area is 152 Å². The fourth-order valence-electron chi connectivity index (χ4n) is 3.17. The van der Waals surface area contributed by atoms with Crippen LogP contribution in [0, 0.1) is 5.92 Å². The van der Waals surface area contributed by atoms with Crippen molar-refractivity contribution in [2.75, 3.05) is 40.4 Å². The Morgan fingerprint density at radius 1 is 1.20 bits per heavy atom. The SMILES string of the molecule is CN=C(NCCCOC)NCc1ccccc1CN1CCC(C)CC1. The summed E-state index contributed by atoms with van der Waals surface area (Å²) < 4.78 is 5.08. The molecule has 1 heterocycles. The molecule has 1 aliphatic heterocycles. The predicted molar refractivity (Wildman–Crippen MR) is 105 cm³/mol. The minimum atomic E-state index is 0.765. The number of rotatable bonds is 8. The van der Waals surface area contributed by atoms with Gasteiger partial charge in [-0.15, -0.1) is 0 Å². The summed E-state index contributed by atoms with van der Waals surface area (Å²) >= 11 is 0. The highest BCUT2D eigenvalue weighted by Gasteiger charge is 2.16. The van der Waals surface area contributed by atoms with Gasteiger partial charge in [0.1, 0.15) is 0 Å². The molecule has 5 heteroatoms. The van der Waals surface area contributed by atoms with Crippen LogP contribution in [0.1, 0.15) is 37.3 Å². The van der Waals surface area contributed by atoms with Crippen LogP contribution in [0.5, 0.6) is 0 Å². The van der Waals surface area contributed by atoms with Crippen LogP contribution in [0.4, 0.5) is 0 Å². The van der Waals surface area contributed by atoms with Crippen LogP contribution >= 0.6 is 0 Å². The van der Waals surface area contributed by atoms with E-state index < -0.39 is 0 Å². The molecule has 0 bridgehead atoms. The average molecular weight is 347 g/mol. The summed E-state index contributed by atoms with van der Waals surface area (Å²) in [6.07, 6.45) is 3.61. The van der Waals surface area contributed by atoms with E-state index in [4.69, 9.17) is 4.74 Å². The summed E-state index contributed by atoms with van der Waals surface area (Å²) in [4.78, 5) is 6.88. The van der Waals surface area contributed by atoms with E-state index in [2.05, 4.69) is 51.7 Å². The molecule has 1 aliphatic rings. The van der Waals surface area contributed by atoms with E-state index in [-0.39, 0.29) is 0 Å². The first kappa shape index (κ1) is 19.7. The Kier molecular flexibility index (Phi) is 8.77. The lowest BCUT2D eigenvalue weighted by Crippen LogP contribution is -2.38. The zero-order valence-corrected chi connectivity index (χ0v) is 16.1. The second-order valence-electron chi connectivity index (χ2n) is 6.93. The molecule has 0 aromatic heterocycles. The number of methoxy groups -OCH3 is 1. The molecule has 2 N–H and O–H groups in total. The van der Waals surface area contributed by atoms with Crippen molar-refractivity contribution in [3.8, 4) is 0 Å². The molecular weight excluding hydrogens is 312 g/mol. The second kappa shape index (κ2) is 11.1. The van der Waals surface area contributed by atoms with Gasteiger partial charge in [0.2, 0.25) is 0 Å². The van der Waals surface area contributed by atoms with E-state index in [0.717, 1.165) is 44.5 Å². The zero-order valence-electron chi connectivity index (χ0n) is 16.1. The lowest BCUT2D eigenvalue weighted by atomic mass is 9.98. The molecule has 0 unspecified atom stereocenters. The minimum Gasteiger partial charge on any atom is -0.385 e. The largest absolute Gasteiger partial charge is 0.385 e. The lowest BCUT2D eigenvalue weighted by Gasteiger charge is -2.30. The number of nitrogens with one attached hydrogen (secondary N) is 2. The molecule has 1 fully saturated rings. The van der Waals surface area contributed by atoms with Crippen LogP contribution in [-0.2, 0) is 17.8 Å². The van der Waals surface area contributed by atoms with E-state index in [9.17, 15) is 0 Å². The molecular formula is C20H34N4O. The molecule has 25 heavy (non-hydrogen) atoms. The summed E-state index contributed by atoms with van der Waals surface area (Å²) in [7, 11) is 3.54. The Balaban J connectivity index is 1.85. The maximum absolute atomic E-state index is 5.08. The number of likely N-dealkylation sites (tertiary alicyclic amines) is 1. The molecule has 0 saturated carbocycles. The van der Waals surface area contributed by atoms with Crippen molar-refractivity contribution in [2.45, 2.75) is 39.3 Å². The van der Waals surface area contributed by atoms with E-state index in [1.54, 1.807) is 7.11 Å². The number of hydrogen-bond donors (Lipinski definition) is 2. The Morgan fingerprint density at radius 2 is 1.92 bits per heavy atom. The van der Waals surface area contributed by atoms with Crippen molar-refractivity contribution in [1.29, 1.82) is 0 Å². The monoisotopic (exact) mass is 346 g/mol. The third-order valence-corrected chi connectivity index (χ3v) is 4.88. The summed E-state index contributed by atoms with van der Waals surface area (Å²) in [6.45, 7) is 8.26. The lowest BCUT2D eigenvalue weighted by molar-refractivity contribution is 0.185. The molecule has 0 atom stereocenters. The molecule has 2 rings (SSSR count).